The molecule has 0 unspecified atom stereocenters. The summed E-state index contributed by atoms with van der Waals surface area (Å²) in [6.07, 6.45) is 0. The number of benzene rings is 1. The predicted octanol–water partition coefficient (Wildman–Crippen LogP) is 4.81. The van der Waals surface area contributed by atoms with Gasteiger partial charge in [0.05, 0.1) is 16.4 Å². The summed E-state index contributed by atoms with van der Waals surface area (Å²) in [6.45, 7) is 6.03. The maximum Gasteiger partial charge on any atom is 0.122 e. The SMILES string of the molecule is Cc1nn(C(C)C)c(Sc2cc(Cl)ccc2Cl)c1N. The summed E-state index contributed by atoms with van der Waals surface area (Å²) in [7, 11) is 0. The van der Waals surface area contributed by atoms with E-state index in [1.165, 1.54) is 11.8 Å². The number of nitrogen functional groups attached to an aromatic ring is 1. The molecule has 0 saturated heterocycles. The van der Waals surface area contributed by atoms with E-state index in [-0.39, 0.29) is 6.04 Å². The van der Waals surface area contributed by atoms with Gasteiger partial charge in [-0.3, -0.25) is 4.68 Å². The van der Waals surface area contributed by atoms with Crippen molar-refractivity contribution in [3.05, 3.63) is 33.9 Å². The maximum absolute atomic E-state index is 6.19. The monoisotopic (exact) mass is 315 g/mol. The molecule has 3 nitrogen and oxygen atoms in total. The van der Waals surface area contributed by atoms with E-state index in [9.17, 15) is 0 Å². The number of anilines is 1. The number of aromatic nitrogens is 2. The van der Waals surface area contributed by atoms with Crippen LogP contribution in [0.25, 0.3) is 0 Å². The van der Waals surface area contributed by atoms with Gasteiger partial charge in [0.15, 0.2) is 0 Å². The Bertz CT molecular complexity index is 608. The minimum Gasteiger partial charge on any atom is -0.395 e. The van der Waals surface area contributed by atoms with Crippen molar-refractivity contribution in [3.8, 4) is 0 Å². The molecule has 0 aliphatic rings. The Labute approximate surface area is 127 Å². The number of hydrogen-bond donors (Lipinski definition) is 1. The minimum absolute atomic E-state index is 0.233. The fourth-order valence-electron chi connectivity index (χ4n) is 1.65. The average molecular weight is 316 g/mol. The molecule has 0 fully saturated rings. The van der Waals surface area contributed by atoms with Gasteiger partial charge in [0.2, 0.25) is 0 Å². The van der Waals surface area contributed by atoms with Crippen molar-refractivity contribution in [3.63, 3.8) is 0 Å². The zero-order valence-corrected chi connectivity index (χ0v) is 13.3. The van der Waals surface area contributed by atoms with Gasteiger partial charge in [-0.1, -0.05) is 35.0 Å². The summed E-state index contributed by atoms with van der Waals surface area (Å²) < 4.78 is 1.91. The first-order chi connectivity index (χ1) is 8.90. The van der Waals surface area contributed by atoms with E-state index in [2.05, 4.69) is 18.9 Å². The third-order valence-electron chi connectivity index (χ3n) is 2.68. The van der Waals surface area contributed by atoms with E-state index in [1.807, 2.05) is 17.7 Å². The van der Waals surface area contributed by atoms with E-state index in [0.29, 0.717) is 15.7 Å². The number of halogens is 2. The van der Waals surface area contributed by atoms with Crippen molar-refractivity contribution in [1.82, 2.24) is 9.78 Å². The molecule has 0 radical (unpaired) electrons. The van der Waals surface area contributed by atoms with Gasteiger partial charge in [0, 0.05) is 16.0 Å². The van der Waals surface area contributed by atoms with Gasteiger partial charge >= 0.3 is 0 Å². The van der Waals surface area contributed by atoms with Gasteiger partial charge in [-0.05, 0) is 39.0 Å². The van der Waals surface area contributed by atoms with Crippen LogP contribution < -0.4 is 5.73 Å². The normalized spacial score (nSPS) is 11.3. The summed E-state index contributed by atoms with van der Waals surface area (Å²) in [5.41, 5.74) is 7.61. The maximum atomic E-state index is 6.19. The highest BCUT2D eigenvalue weighted by Crippen LogP contribution is 2.39. The first-order valence-corrected chi connectivity index (χ1v) is 7.45. The number of rotatable bonds is 3. The summed E-state index contributed by atoms with van der Waals surface area (Å²) in [5, 5.41) is 6.66. The van der Waals surface area contributed by atoms with Gasteiger partial charge in [0.25, 0.3) is 0 Å². The Morgan fingerprint density at radius 3 is 2.63 bits per heavy atom. The molecule has 0 aliphatic carbocycles. The van der Waals surface area contributed by atoms with Gasteiger partial charge < -0.3 is 5.73 Å². The molecule has 0 amide bonds. The number of aryl methyl sites for hydroxylation is 1. The first-order valence-electron chi connectivity index (χ1n) is 5.87. The molecule has 1 aromatic carbocycles. The molecule has 1 heterocycles. The van der Waals surface area contributed by atoms with Crippen molar-refractivity contribution in [2.75, 3.05) is 5.73 Å². The van der Waals surface area contributed by atoms with Crippen LogP contribution in [0.15, 0.2) is 28.1 Å². The highest BCUT2D eigenvalue weighted by molar-refractivity contribution is 7.99. The molecule has 2 aromatic rings. The van der Waals surface area contributed by atoms with Crippen LogP contribution in [0.5, 0.6) is 0 Å². The van der Waals surface area contributed by atoms with Crippen molar-refractivity contribution in [2.24, 2.45) is 0 Å². The first kappa shape index (κ1) is 14.6. The van der Waals surface area contributed by atoms with Crippen LogP contribution in [0.1, 0.15) is 25.6 Å². The van der Waals surface area contributed by atoms with E-state index in [1.54, 1.807) is 12.1 Å². The van der Waals surface area contributed by atoms with Gasteiger partial charge in [-0.25, -0.2) is 0 Å². The van der Waals surface area contributed by atoms with Crippen molar-refractivity contribution in [1.29, 1.82) is 0 Å². The van der Waals surface area contributed by atoms with Gasteiger partial charge in [-0.15, -0.1) is 0 Å². The Hall–Kier alpha value is -0.840. The standard InChI is InChI=1S/C13H15Cl2N3S/c1-7(2)18-13(12(16)8(3)17-18)19-11-6-9(14)4-5-10(11)15/h4-7H,16H2,1-3H3. The zero-order valence-electron chi connectivity index (χ0n) is 10.9. The molecule has 0 bridgehead atoms. The molecule has 102 valence electrons. The Kier molecular flexibility index (Phi) is 4.33. The number of nitrogens with two attached hydrogens (primary N) is 1. The third-order valence-corrected chi connectivity index (χ3v) is 4.51. The highest BCUT2D eigenvalue weighted by atomic mass is 35.5. The molecule has 19 heavy (non-hydrogen) atoms. The molecule has 0 saturated carbocycles. The fourth-order valence-corrected chi connectivity index (χ4v) is 3.28. The van der Waals surface area contributed by atoms with Crippen LogP contribution in [0.2, 0.25) is 10.0 Å². The second-order valence-corrected chi connectivity index (χ2v) is 6.39. The second kappa shape index (κ2) is 5.65. The van der Waals surface area contributed by atoms with Crippen LogP contribution >= 0.6 is 35.0 Å². The number of hydrogen-bond acceptors (Lipinski definition) is 3. The molecule has 6 heteroatoms. The lowest BCUT2D eigenvalue weighted by Gasteiger charge is -2.11. The van der Waals surface area contributed by atoms with Crippen molar-refractivity contribution in [2.45, 2.75) is 36.7 Å². The van der Waals surface area contributed by atoms with Crippen LogP contribution in [-0.2, 0) is 0 Å². The van der Waals surface area contributed by atoms with E-state index in [0.717, 1.165) is 15.6 Å². The molecule has 0 aliphatic heterocycles. The zero-order chi connectivity index (χ0) is 14.2. The van der Waals surface area contributed by atoms with E-state index >= 15 is 0 Å². The van der Waals surface area contributed by atoms with Crippen LogP contribution in [0.4, 0.5) is 5.69 Å². The molecule has 2 N–H and O–H groups in total. The fraction of sp³-hybridized carbons (Fsp3) is 0.308. The molecule has 0 atom stereocenters. The van der Waals surface area contributed by atoms with Crippen LogP contribution in [0.3, 0.4) is 0 Å². The summed E-state index contributed by atoms with van der Waals surface area (Å²) >= 11 is 13.7. The summed E-state index contributed by atoms with van der Waals surface area (Å²) in [4.78, 5) is 0.877. The van der Waals surface area contributed by atoms with E-state index < -0.39 is 0 Å². The lowest BCUT2D eigenvalue weighted by molar-refractivity contribution is 0.491. The Morgan fingerprint density at radius 1 is 1.32 bits per heavy atom. The lowest BCUT2D eigenvalue weighted by Crippen LogP contribution is -2.04. The molecule has 2 rings (SSSR count). The van der Waals surface area contributed by atoms with Crippen molar-refractivity contribution >= 4 is 40.7 Å². The Morgan fingerprint density at radius 2 is 2.00 bits per heavy atom. The smallest absolute Gasteiger partial charge is 0.122 e. The lowest BCUT2D eigenvalue weighted by atomic mass is 10.4. The van der Waals surface area contributed by atoms with E-state index in [4.69, 9.17) is 28.9 Å². The third kappa shape index (κ3) is 3.02. The minimum atomic E-state index is 0.233. The molecule has 1 aromatic heterocycles. The van der Waals surface area contributed by atoms with Crippen LogP contribution in [0, 0.1) is 6.92 Å². The quantitative estimate of drug-likeness (QED) is 0.883. The van der Waals surface area contributed by atoms with Crippen LogP contribution in [-0.4, -0.2) is 9.78 Å². The largest absolute Gasteiger partial charge is 0.395 e. The topological polar surface area (TPSA) is 43.8 Å². The molecule has 0 spiro atoms. The Balaban J connectivity index is 2.45. The highest BCUT2D eigenvalue weighted by Gasteiger charge is 2.17. The van der Waals surface area contributed by atoms with Crippen molar-refractivity contribution < 1.29 is 0 Å². The average Bonchev–Trinajstić information content (AvgIpc) is 2.62. The summed E-state index contributed by atoms with van der Waals surface area (Å²) in [6, 6.07) is 5.62. The van der Waals surface area contributed by atoms with Gasteiger partial charge in [0.1, 0.15) is 5.03 Å². The number of nitrogens with zero attached hydrogens (tertiary/aromatic N) is 2. The molecular weight excluding hydrogens is 301 g/mol. The molecular formula is C13H15Cl2N3S. The predicted molar refractivity (Wildman–Crippen MR) is 82.3 cm³/mol. The van der Waals surface area contributed by atoms with Gasteiger partial charge in [-0.2, -0.15) is 5.10 Å². The summed E-state index contributed by atoms with van der Waals surface area (Å²) in [5.74, 6) is 0. The second-order valence-electron chi connectivity index (χ2n) is 4.52.